The van der Waals surface area contributed by atoms with Crippen LogP contribution in [-0.2, 0) is 4.79 Å². The second kappa shape index (κ2) is 5.52. The lowest BCUT2D eigenvalue weighted by molar-refractivity contribution is -0.385. The van der Waals surface area contributed by atoms with Crippen LogP contribution in [0, 0.1) is 10.1 Å². The third-order valence-corrected chi connectivity index (χ3v) is 3.37. The van der Waals surface area contributed by atoms with Crippen LogP contribution in [0.5, 0.6) is 0 Å². The Morgan fingerprint density at radius 1 is 1.63 bits per heavy atom. The Bertz CT molecular complexity index is 519. The number of carbonyl (C=O) groups is 1. The number of anilines is 1. The van der Waals surface area contributed by atoms with Gasteiger partial charge in [0, 0.05) is 12.6 Å². The van der Waals surface area contributed by atoms with Gasteiger partial charge >= 0.3 is 5.97 Å². The highest BCUT2D eigenvalue weighted by atomic mass is 79.9. The average Bonchev–Trinajstić information content (AvgIpc) is 2.31. The lowest BCUT2D eigenvalue weighted by Gasteiger charge is -2.35. The van der Waals surface area contributed by atoms with E-state index in [9.17, 15) is 20.0 Å². The van der Waals surface area contributed by atoms with Crippen LogP contribution in [-0.4, -0.2) is 33.1 Å². The molecule has 1 aromatic heterocycles. The summed E-state index contributed by atoms with van der Waals surface area (Å²) in [5, 5.41) is 19.9. The molecular weight excluding hydrogens is 318 g/mol. The van der Waals surface area contributed by atoms with Crippen molar-refractivity contribution in [1.29, 1.82) is 0 Å². The van der Waals surface area contributed by atoms with Crippen molar-refractivity contribution in [2.24, 2.45) is 0 Å². The highest BCUT2D eigenvalue weighted by Crippen LogP contribution is 2.31. The van der Waals surface area contributed by atoms with Crippen LogP contribution in [0.2, 0.25) is 0 Å². The molecule has 0 bridgehead atoms. The van der Waals surface area contributed by atoms with Crippen molar-refractivity contribution in [2.45, 2.75) is 26.3 Å². The van der Waals surface area contributed by atoms with Gasteiger partial charge in [0.25, 0.3) is 5.69 Å². The summed E-state index contributed by atoms with van der Waals surface area (Å²) in [5.41, 5.74) is -1.32. The number of nitrogens with zero attached hydrogens (tertiary/aromatic N) is 3. The fourth-order valence-electron chi connectivity index (χ4n) is 1.64. The Morgan fingerprint density at radius 2 is 2.21 bits per heavy atom. The summed E-state index contributed by atoms with van der Waals surface area (Å²) in [6.45, 7) is 5.30. The van der Waals surface area contributed by atoms with E-state index < -0.39 is 16.4 Å². The van der Waals surface area contributed by atoms with Crippen molar-refractivity contribution >= 4 is 33.4 Å². The summed E-state index contributed by atoms with van der Waals surface area (Å²) in [7, 11) is 0. The number of halogens is 1. The summed E-state index contributed by atoms with van der Waals surface area (Å²) in [6, 6.07) is 1.31. The Kier molecular flexibility index (Phi) is 4.46. The molecule has 0 unspecified atom stereocenters. The Hall–Kier alpha value is -1.70. The smallest absolute Gasteiger partial charge is 0.328 e. The SMILES string of the molecule is CCN(c1ncc([N+](=O)[O-])cc1Br)C(C)(C)C(=O)O. The van der Waals surface area contributed by atoms with Crippen LogP contribution in [0.1, 0.15) is 20.8 Å². The standard InChI is InChI=1S/C11H14BrN3O4/c1-4-14(11(2,3)10(16)17)9-8(12)5-7(6-13-9)15(18)19/h5-6H,4H2,1-3H3,(H,16,17). The van der Waals surface area contributed by atoms with Gasteiger partial charge in [-0.25, -0.2) is 9.78 Å². The first kappa shape index (κ1) is 15.4. The maximum atomic E-state index is 11.3. The summed E-state index contributed by atoms with van der Waals surface area (Å²) in [6.07, 6.45) is 1.11. The topological polar surface area (TPSA) is 96.6 Å². The predicted octanol–water partition coefficient (Wildman–Crippen LogP) is 2.44. The van der Waals surface area contributed by atoms with Crippen LogP contribution in [0.15, 0.2) is 16.7 Å². The molecule has 0 saturated carbocycles. The summed E-state index contributed by atoms with van der Waals surface area (Å²) in [4.78, 5) is 26.9. The molecule has 0 atom stereocenters. The summed E-state index contributed by atoms with van der Waals surface area (Å²) in [5.74, 6) is -0.637. The minimum Gasteiger partial charge on any atom is -0.480 e. The van der Waals surface area contributed by atoms with E-state index in [1.807, 2.05) is 0 Å². The minimum atomic E-state index is -1.17. The fraction of sp³-hybridized carbons (Fsp3) is 0.455. The molecule has 1 N–H and O–H groups in total. The van der Waals surface area contributed by atoms with E-state index in [0.717, 1.165) is 6.20 Å². The highest BCUT2D eigenvalue weighted by Gasteiger charge is 2.35. The van der Waals surface area contributed by atoms with Gasteiger partial charge in [0.05, 0.1) is 9.40 Å². The number of carboxylic acid groups (broad SMARTS) is 1. The summed E-state index contributed by atoms with van der Waals surface area (Å²) < 4.78 is 0.387. The van der Waals surface area contributed by atoms with Gasteiger partial charge in [0.1, 0.15) is 17.6 Å². The molecule has 0 aromatic carbocycles. The number of hydrogen-bond acceptors (Lipinski definition) is 5. The van der Waals surface area contributed by atoms with Crippen LogP contribution in [0.25, 0.3) is 0 Å². The molecule has 0 spiro atoms. The molecule has 1 aromatic rings. The van der Waals surface area contributed by atoms with Crippen molar-refractivity contribution in [3.05, 3.63) is 26.9 Å². The molecule has 0 aliphatic carbocycles. The number of rotatable bonds is 5. The van der Waals surface area contributed by atoms with Gasteiger partial charge in [-0.1, -0.05) is 0 Å². The van der Waals surface area contributed by atoms with Crippen LogP contribution >= 0.6 is 15.9 Å². The maximum absolute atomic E-state index is 11.3. The normalized spacial score (nSPS) is 11.2. The van der Waals surface area contributed by atoms with Crippen LogP contribution in [0.3, 0.4) is 0 Å². The van der Waals surface area contributed by atoms with Gasteiger partial charge in [0.15, 0.2) is 0 Å². The molecule has 7 nitrogen and oxygen atoms in total. The molecule has 0 radical (unpaired) electrons. The summed E-state index contributed by atoms with van der Waals surface area (Å²) >= 11 is 3.20. The van der Waals surface area contributed by atoms with Gasteiger partial charge in [-0.3, -0.25) is 10.1 Å². The van der Waals surface area contributed by atoms with Crippen LogP contribution in [0.4, 0.5) is 11.5 Å². The van der Waals surface area contributed by atoms with Gasteiger partial charge in [-0.2, -0.15) is 0 Å². The molecule has 0 aliphatic heterocycles. The highest BCUT2D eigenvalue weighted by molar-refractivity contribution is 9.10. The molecule has 1 rings (SSSR count). The third kappa shape index (κ3) is 3.01. The van der Waals surface area contributed by atoms with Crippen molar-refractivity contribution in [2.75, 3.05) is 11.4 Å². The van der Waals surface area contributed by atoms with E-state index in [0.29, 0.717) is 16.8 Å². The number of pyridine rings is 1. The van der Waals surface area contributed by atoms with E-state index in [1.54, 1.807) is 25.7 Å². The number of hydrogen-bond donors (Lipinski definition) is 1. The lowest BCUT2D eigenvalue weighted by atomic mass is 10.0. The molecule has 1 heterocycles. The first-order chi connectivity index (χ1) is 8.71. The van der Waals surface area contributed by atoms with E-state index in [-0.39, 0.29) is 5.69 Å². The van der Waals surface area contributed by atoms with Crippen molar-refractivity contribution < 1.29 is 14.8 Å². The van der Waals surface area contributed by atoms with E-state index in [4.69, 9.17) is 0 Å². The van der Waals surface area contributed by atoms with Gasteiger partial charge < -0.3 is 10.0 Å². The fourth-order valence-corrected chi connectivity index (χ4v) is 2.20. The van der Waals surface area contributed by atoms with E-state index >= 15 is 0 Å². The molecule has 8 heteroatoms. The molecule has 19 heavy (non-hydrogen) atoms. The molecule has 0 aliphatic rings. The molecule has 0 amide bonds. The second-order valence-electron chi connectivity index (χ2n) is 4.36. The van der Waals surface area contributed by atoms with Gasteiger partial charge in [-0.05, 0) is 36.7 Å². The molecular formula is C11H14BrN3O4. The van der Waals surface area contributed by atoms with E-state index in [2.05, 4.69) is 20.9 Å². The quantitative estimate of drug-likeness (QED) is 0.657. The number of aromatic nitrogens is 1. The Labute approximate surface area is 118 Å². The molecule has 0 saturated heterocycles. The number of likely N-dealkylation sites (N-methyl/N-ethyl adjacent to an activating group) is 1. The third-order valence-electron chi connectivity index (χ3n) is 2.79. The van der Waals surface area contributed by atoms with Crippen molar-refractivity contribution in [3.63, 3.8) is 0 Å². The first-order valence-corrected chi connectivity index (χ1v) is 6.32. The zero-order chi connectivity index (χ0) is 14.8. The van der Waals surface area contributed by atoms with Crippen molar-refractivity contribution in [3.8, 4) is 0 Å². The Morgan fingerprint density at radius 3 is 2.58 bits per heavy atom. The van der Waals surface area contributed by atoms with Crippen LogP contribution < -0.4 is 4.90 Å². The second-order valence-corrected chi connectivity index (χ2v) is 5.22. The van der Waals surface area contributed by atoms with Crippen molar-refractivity contribution in [1.82, 2.24) is 4.98 Å². The lowest BCUT2D eigenvalue weighted by Crippen LogP contribution is -2.50. The molecule has 104 valence electrons. The maximum Gasteiger partial charge on any atom is 0.328 e. The zero-order valence-corrected chi connectivity index (χ0v) is 12.3. The van der Waals surface area contributed by atoms with Gasteiger partial charge in [-0.15, -0.1) is 0 Å². The predicted molar refractivity (Wildman–Crippen MR) is 73.3 cm³/mol. The van der Waals surface area contributed by atoms with Gasteiger partial charge in [0.2, 0.25) is 0 Å². The molecule has 0 fully saturated rings. The number of carboxylic acids is 1. The Balaban J connectivity index is 3.27. The first-order valence-electron chi connectivity index (χ1n) is 5.52. The number of nitro groups is 1. The monoisotopic (exact) mass is 331 g/mol. The largest absolute Gasteiger partial charge is 0.480 e. The number of aliphatic carboxylic acids is 1. The zero-order valence-electron chi connectivity index (χ0n) is 10.8. The average molecular weight is 332 g/mol. The van der Waals surface area contributed by atoms with E-state index in [1.165, 1.54) is 6.07 Å². The minimum absolute atomic E-state index is 0.153.